The second kappa shape index (κ2) is 6.76. The Bertz CT molecular complexity index is 413. The summed E-state index contributed by atoms with van der Waals surface area (Å²) in [5.41, 5.74) is 1.23. The average molecular weight is 250 g/mol. The number of carboxylic acids is 1. The summed E-state index contributed by atoms with van der Waals surface area (Å²) >= 11 is 0. The number of hydrogen-bond donors (Lipinski definition) is 2. The first-order valence-electron chi connectivity index (χ1n) is 5.72. The number of rotatable bonds is 6. The SMILES string of the molecule is CN(C)CCNC(=O)c1ccc(CC(=O)O)cc1. The van der Waals surface area contributed by atoms with Gasteiger partial charge in [0.05, 0.1) is 6.42 Å². The van der Waals surface area contributed by atoms with Gasteiger partial charge in [-0.15, -0.1) is 0 Å². The summed E-state index contributed by atoms with van der Waals surface area (Å²) in [4.78, 5) is 24.2. The predicted octanol–water partition coefficient (Wildman–Crippen LogP) is 0.605. The van der Waals surface area contributed by atoms with Crippen molar-refractivity contribution in [1.82, 2.24) is 10.2 Å². The van der Waals surface area contributed by atoms with E-state index < -0.39 is 5.97 Å². The fourth-order valence-electron chi connectivity index (χ4n) is 1.44. The largest absolute Gasteiger partial charge is 0.481 e. The lowest BCUT2D eigenvalue weighted by Gasteiger charge is -2.10. The van der Waals surface area contributed by atoms with E-state index in [0.29, 0.717) is 17.7 Å². The third-order valence-electron chi connectivity index (χ3n) is 2.42. The van der Waals surface area contributed by atoms with E-state index in [2.05, 4.69) is 5.32 Å². The van der Waals surface area contributed by atoms with Crippen LogP contribution in [0.1, 0.15) is 15.9 Å². The Morgan fingerprint density at radius 1 is 1.22 bits per heavy atom. The van der Waals surface area contributed by atoms with Crippen molar-refractivity contribution in [3.8, 4) is 0 Å². The molecular formula is C13H18N2O3. The lowest BCUT2D eigenvalue weighted by Crippen LogP contribution is -2.31. The zero-order valence-corrected chi connectivity index (χ0v) is 10.6. The molecule has 0 aromatic heterocycles. The molecule has 18 heavy (non-hydrogen) atoms. The molecule has 0 bridgehead atoms. The second-order valence-corrected chi connectivity index (χ2v) is 4.33. The zero-order chi connectivity index (χ0) is 13.5. The number of nitrogens with one attached hydrogen (secondary N) is 1. The quantitative estimate of drug-likeness (QED) is 0.776. The molecular weight excluding hydrogens is 232 g/mol. The van der Waals surface area contributed by atoms with Crippen LogP contribution >= 0.6 is 0 Å². The standard InChI is InChI=1S/C13H18N2O3/c1-15(2)8-7-14-13(18)11-5-3-10(4-6-11)9-12(16)17/h3-6H,7-9H2,1-2H3,(H,14,18)(H,16,17). The van der Waals surface area contributed by atoms with Crippen molar-refractivity contribution >= 4 is 11.9 Å². The van der Waals surface area contributed by atoms with Crippen LogP contribution in [0.2, 0.25) is 0 Å². The fraction of sp³-hybridized carbons (Fsp3) is 0.385. The minimum Gasteiger partial charge on any atom is -0.481 e. The van der Waals surface area contributed by atoms with E-state index in [1.165, 1.54) is 0 Å². The third kappa shape index (κ3) is 4.97. The van der Waals surface area contributed by atoms with E-state index in [0.717, 1.165) is 6.54 Å². The highest BCUT2D eigenvalue weighted by Gasteiger charge is 2.06. The molecule has 0 saturated carbocycles. The summed E-state index contributed by atoms with van der Waals surface area (Å²) in [6.07, 6.45) is -0.0253. The Morgan fingerprint density at radius 3 is 2.33 bits per heavy atom. The van der Waals surface area contributed by atoms with Crippen LogP contribution in [-0.2, 0) is 11.2 Å². The van der Waals surface area contributed by atoms with Gasteiger partial charge < -0.3 is 15.3 Å². The molecule has 0 aliphatic carbocycles. The molecule has 0 atom stereocenters. The Labute approximate surface area is 106 Å². The van der Waals surface area contributed by atoms with E-state index in [1.807, 2.05) is 19.0 Å². The molecule has 2 N–H and O–H groups in total. The highest BCUT2D eigenvalue weighted by atomic mass is 16.4. The van der Waals surface area contributed by atoms with Gasteiger partial charge in [-0.2, -0.15) is 0 Å². The van der Waals surface area contributed by atoms with Crippen molar-refractivity contribution in [3.05, 3.63) is 35.4 Å². The van der Waals surface area contributed by atoms with Crippen molar-refractivity contribution in [2.75, 3.05) is 27.2 Å². The summed E-state index contributed by atoms with van der Waals surface area (Å²) in [7, 11) is 3.87. The third-order valence-corrected chi connectivity index (χ3v) is 2.42. The van der Waals surface area contributed by atoms with Crippen LogP contribution in [-0.4, -0.2) is 49.1 Å². The Morgan fingerprint density at radius 2 is 1.83 bits per heavy atom. The maximum Gasteiger partial charge on any atom is 0.307 e. The second-order valence-electron chi connectivity index (χ2n) is 4.33. The van der Waals surface area contributed by atoms with Crippen LogP contribution in [0.3, 0.4) is 0 Å². The lowest BCUT2D eigenvalue weighted by molar-refractivity contribution is -0.136. The van der Waals surface area contributed by atoms with Crippen molar-refractivity contribution in [2.24, 2.45) is 0 Å². The summed E-state index contributed by atoms with van der Waals surface area (Å²) in [5.74, 6) is -1.02. The van der Waals surface area contributed by atoms with Crippen LogP contribution in [0.15, 0.2) is 24.3 Å². The molecule has 0 saturated heterocycles. The molecule has 1 rings (SSSR count). The first-order chi connectivity index (χ1) is 8.49. The molecule has 0 spiro atoms. The van der Waals surface area contributed by atoms with Gasteiger partial charge in [-0.25, -0.2) is 0 Å². The van der Waals surface area contributed by atoms with Crippen molar-refractivity contribution in [1.29, 1.82) is 0 Å². The van der Waals surface area contributed by atoms with Gasteiger partial charge >= 0.3 is 5.97 Å². The fourth-order valence-corrected chi connectivity index (χ4v) is 1.44. The first kappa shape index (κ1) is 14.2. The van der Waals surface area contributed by atoms with Crippen molar-refractivity contribution in [3.63, 3.8) is 0 Å². The Balaban J connectivity index is 2.51. The minimum atomic E-state index is -0.877. The molecule has 0 aliphatic rings. The Hall–Kier alpha value is -1.88. The summed E-state index contributed by atoms with van der Waals surface area (Å²) in [5, 5.41) is 11.4. The van der Waals surface area contributed by atoms with Crippen LogP contribution in [0.5, 0.6) is 0 Å². The van der Waals surface area contributed by atoms with Crippen LogP contribution in [0, 0.1) is 0 Å². The summed E-state index contributed by atoms with van der Waals surface area (Å²) in [6.45, 7) is 1.37. The maximum atomic E-state index is 11.7. The molecule has 0 unspecified atom stereocenters. The highest BCUT2D eigenvalue weighted by Crippen LogP contribution is 2.05. The molecule has 5 heteroatoms. The van der Waals surface area contributed by atoms with E-state index in [9.17, 15) is 9.59 Å². The number of carbonyl (C=O) groups excluding carboxylic acids is 1. The number of benzene rings is 1. The average Bonchev–Trinajstić information content (AvgIpc) is 2.28. The number of carboxylic acid groups (broad SMARTS) is 1. The number of aliphatic carboxylic acids is 1. The molecule has 0 radical (unpaired) electrons. The van der Waals surface area contributed by atoms with E-state index in [-0.39, 0.29) is 12.3 Å². The van der Waals surface area contributed by atoms with Gasteiger partial charge in [0.25, 0.3) is 5.91 Å². The molecule has 0 aliphatic heterocycles. The molecule has 98 valence electrons. The van der Waals surface area contributed by atoms with Crippen molar-refractivity contribution in [2.45, 2.75) is 6.42 Å². The van der Waals surface area contributed by atoms with E-state index in [4.69, 9.17) is 5.11 Å². The first-order valence-corrected chi connectivity index (χ1v) is 5.72. The van der Waals surface area contributed by atoms with Gasteiger partial charge in [-0.1, -0.05) is 12.1 Å². The number of hydrogen-bond acceptors (Lipinski definition) is 3. The highest BCUT2D eigenvalue weighted by molar-refractivity contribution is 5.94. The van der Waals surface area contributed by atoms with Gasteiger partial charge in [0.2, 0.25) is 0 Å². The molecule has 0 fully saturated rings. The zero-order valence-electron chi connectivity index (χ0n) is 10.6. The Kier molecular flexibility index (Phi) is 5.32. The van der Waals surface area contributed by atoms with Crippen LogP contribution in [0.25, 0.3) is 0 Å². The number of amides is 1. The van der Waals surface area contributed by atoms with Gasteiger partial charge in [0.15, 0.2) is 0 Å². The maximum absolute atomic E-state index is 11.7. The normalized spacial score (nSPS) is 10.4. The van der Waals surface area contributed by atoms with Gasteiger partial charge in [0, 0.05) is 18.7 Å². The molecule has 1 aromatic rings. The van der Waals surface area contributed by atoms with E-state index >= 15 is 0 Å². The van der Waals surface area contributed by atoms with Crippen LogP contribution < -0.4 is 5.32 Å². The van der Waals surface area contributed by atoms with E-state index in [1.54, 1.807) is 24.3 Å². The molecule has 1 amide bonds. The molecule has 5 nitrogen and oxygen atoms in total. The molecule has 1 aromatic carbocycles. The molecule has 0 heterocycles. The smallest absolute Gasteiger partial charge is 0.307 e. The van der Waals surface area contributed by atoms with Gasteiger partial charge in [0.1, 0.15) is 0 Å². The minimum absolute atomic E-state index is 0.0253. The monoisotopic (exact) mass is 250 g/mol. The van der Waals surface area contributed by atoms with Gasteiger partial charge in [-0.05, 0) is 31.8 Å². The summed E-state index contributed by atoms with van der Waals surface area (Å²) in [6, 6.07) is 6.61. The number of likely N-dealkylation sites (N-methyl/N-ethyl adjacent to an activating group) is 1. The summed E-state index contributed by atoms with van der Waals surface area (Å²) < 4.78 is 0. The van der Waals surface area contributed by atoms with Crippen molar-refractivity contribution < 1.29 is 14.7 Å². The topological polar surface area (TPSA) is 69.6 Å². The predicted molar refractivity (Wildman–Crippen MR) is 68.7 cm³/mol. The lowest BCUT2D eigenvalue weighted by atomic mass is 10.1. The number of nitrogens with zero attached hydrogens (tertiary/aromatic N) is 1. The number of carbonyl (C=O) groups is 2. The van der Waals surface area contributed by atoms with Crippen LogP contribution in [0.4, 0.5) is 0 Å². The van der Waals surface area contributed by atoms with Gasteiger partial charge in [-0.3, -0.25) is 9.59 Å².